The third-order valence-electron chi connectivity index (χ3n) is 7.05. The van der Waals surface area contributed by atoms with Crippen LogP contribution in [0, 0.1) is 0 Å². The van der Waals surface area contributed by atoms with Crippen molar-refractivity contribution in [3.05, 3.63) is 71.8 Å². The fourth-order valence-corrected chi connectivity index (χ4v) is 4.65. The highest BCUT2D eigenvalue weighted by molar-refractivity contribution is 6.02. The summed E-state index contributed by atoms with van der Waals surface area (Å²) in [5, 5.41) is 17.8. The maximum Gasteiger partial charge on any atom is 0.235 e. The molecule has 0 radical (unpaired) electrons. The van der Waals surface area contributed by atoms with E-state index in [9.17, 15) is 4.79 Å². The molecule has 0 spiro atoms. The molecule has 3 aromatic carbocycles. The van der Waals surface area contributed by atoms with Gasteiger partial charge in [-0.15, -0.1) is 10.2 Å². The van der Waals surface area contributed by atoms with E-state index in [-0.39, 0.29) is 11.3 Å². The van der Waals surface area contributed by atoms with Crippen LogP contribution in [0.2, 0.25) is 0 Å². The van der Waals surface area contributed by atoms with Gasteiger partial charge in [0.1, 0.15) is 0 Å². The van der Waals surface area contributed by atoms with Crippen molar-refractivity contribution in [3.8, 4) is 34.0 Å². The summed E-state index contributed by atoms with van der Waals surface area (Å²) in [4.78, 5) is 13.5. The number of tetrazole rings is 1. The van der Waals surface area contributed by atoms with E-state index in [1.54, 1.807) is 14.2 Å². The molecule has 0 saturated heterocycles. The lowest BCUT2D eigenvalue weighted by atomic mass is 9.85. The fourth-order valence-electron chi connectivity index (χ4n) is 4.65. The van der Waals surface area contributed by atoms with E-state index >= 15 is 0 Å². The number of amides is 1. The van der Waals surface area contributed by atoms with Gasteiger partial charge in [0.05, 0.1) is 19.6 Å². The van der Waals surface area contributed by atoms with Crippen LogP contribution in [-0.4, -0.2) is 40.8 Å². The van der Waals surface area contributed by atoms with Crippen LogP contribution in [-0.2, 0) is 15.6 Å². The van der Waals surface area contributed by atoms with Gasteiger partial charge in [0.2, 0.25) is 11.7 Å². The lowest BCUT2D eigenvalue weighted by Gasteiger charge is -2.21. The summed E-state index contributed by atoms with van der Waals surface area (Å²) < 4.78 is 10.9. The van der Waals surface area contributed by atoms with Gasteiger partial charge in [-0.2, -0.15) is 5.21 Å². The largest absolute Gasteiger partial charge is 0.493 e. The molecule has 0 atom stereocenters. The molecular formula is C29H31N5O3. The summed E-state index contributed by atoms with van der Waals surface area (Å²) in [6.45, 7) is 6.57. The van der Waals surface area contributed by atoms with E-state index in [4.69, 9.17) is 9.47 Å². The molecule has 1 heterocycles. The Hall–Kier alpha value is -4.20. The van der Waals surface area contributed by atoms with Crippen molar-refractivity contribution in [2.24, 2.45) is 0 Å². The maximum atomic E-state index is 13.5. The highest BCUT2D eigenvalue weighted by Crippen LogP contribution is 2.49. The number of aromatic amines is 1. The lowest BCUT2D eigenvalue weighted by molar-refractivity contribution is -0.118. The second kappa shape index (κ2) is 9.35. The molecule has 1 amide bonds. The maximum absolute atomic E-state index is 13.5. The Morgan fingerprint density at radius 1 is 0.919 bits per heavy atom. The van der Waals surface area contributed by atoms with E-state index < -0.39 is 5.41 Å². The number of H-pyrrole nitrogens is 1. The van der Waals surface area contributed by atoms with E-state index in [2.05, 4.69) is 71.0 Å². The predicted octanol–water partition coefficient (Wildman–Crippen LogP) is 5.52. The molecule has 1 aliphatic rings. The Balaban J connectivity index is 1.46. The fraction of sp³-hybridized carbons (Fsp3) is 0.310. The predicted molar refractivity (Wildman–Crippen MR) is 143 cm³/mol. The number of anilines is 1. The molecule has 1 aromatic heterocycles. The monoisotopic (exact) mass is 497 g/mol. The number of aromatic nitrogens is 4. The van der Waals surface area contributed by atoms with Crippen molar-refractivity contribution in [1.29, 1.82) is 0 Å². The first kappa shape index (κ1) is 24.5. The van der Waals surface area contributed by atoms with Gasteiger partial charge in [-0.05, 0) is 70.0 Å². The number of carbonyl (C=O) groups is 1. The highest BCUT2D eigenvalue weighted by Gasteiger charge is 2.51. The summed E-state index contributed by atoms with van der Waals surface area (Å²) in [6.07, 6.45) is 1.66. The number of methoxy groups -OCH3 is 2. The molecule has 8 heteroatoms. The van der Waals surface area contributed by atoms with Gasteiger partial charge in [0.15, 0.2) is 11.5 Å². The number of benzene rings is 3. The summed E-state index contributed by atoms with van der Waals surface area (Å²) in [5.41, 5.74) is 5.06. The zero-order chi connectivity index (χ0) is 26.2. The molecule has 37 heavy (non-hydrogen) atoms. The number of nitrogens with one attached hydrogen (secondary N) is 2. The highest BCUT2D eigenvalue weighted by atomic mass is 16.5. The van der Waals surface area contributed by atoms with E-state index in [0.717, 1.165) is 35.1 Å². The average molecular weight is 498 g/mol. The number of nitrogens with zero attached hydrogens (tertiary/aromatic N) is 3. The second-order valence-electron chi connectivity index (χ2n) is 10.4. The molecule has 0 unspecified atom stereocenters. The van der Waals surface area contributed by atoms with Gasteiger partial charge >= 0.3 is 0 Å². The molecule has 4 aromatic rings. The standard InChI is InChI=1S/C29H31N5O3/c1-28(2,3)19-7-9-20(10-8-19)29(14-15-29)27(35)30-21-11-12-22(23(17-21)26-31-33-34-32-26)18-6-13-24(36-4)25(16-18)37-5/h6-13,16-17H,14-15H2,1-5H3,(H,30,35)(H,31,32,33,34). The molecule has 8 nitrogen and oxygen atoms in total. The van der Waals surface area contributed by atoms with Gasteiger partial charge < -0.3 is 14.8 Å². The van der Waals surface area contributed by atoms with Crippen molar-refractivity contribution >= 4 is 11.6 Å². The number of carbonyl (C=O) groups excluding carboxylic acids is 1. The van der Waals surface area contributed by atoms with Gasteiger partial charge in [-0.1, -0.05) is 57.2 Å². The average Bonchev–Trinajstić information content (AvgIpc) is 3.54. The third-order valence-corrected chi connectivity index (χ3v) is 7.05. The van der Waals surface area contributed by atoms with Crippen LogP contribution in [0.1, 0.15) is 44.7 Å². The topological polar surface area (TPSA) is 102 Å². The van der Waals surface area contributed by atoms with E-state index in [0.29, 0.717) is 23.0 Å². The van der Waals surface area contributed by atoms with Crippen LogP contribution in [0.4, 0.5) is 5.69 Å². The minimum Gasteiger partial charge on any atom is -0.493 e. The van der Waals surface area contributed by atoms with Gasteiger partial charge in [0.25, 0.3) is 0 Å². The first-order valence-corrected chi connectivity index (χ1v) is 12.3. The summed E-state index contributed by atoms with van der Waals surface area (Å²) in [6, 6.07) is 19.9. The van der Waals surface area contributed by atoms with Gasteiger partial charge in [0, 0.05) is 11.3 Å². The number of hydrogen-bond acceptors (Lipinski definition) is 6. The van der Waals surface area contributed by atoms with Crippen LogP contribution in [0.5, 0.6) is 11.5 Å². The summed E-state index contributed by atoms with van der Waals surface area (Å²) >= 11 is 0. The molecule has 1 aliphatic carbocycles. The van der Waals surface area contributed by atoms with Crippen LogP contribution in [0.15, 0.2) is 60.7 Å². The number of hydrogen-bond donors (Lipinski definition) is 2. The minimum atomic E-state index is -0.495. The first-order chi connectivity index (χ1) is 17.7. The van der Waals surface area contributed by atoms with E-state index in [1.807, 2.05) is 36.4 Å². The van der Waals surface area contributed by atoms with Gasteiger partial charge in [-0.3, -0.25) is 4.79 Å². The Bertz CT molecular complexity index is 1420. The zero-order valence-electron chi connectivity index (χ0n) is 21.8. The number of rotatable bonds is 7. The van der Waals surface area contributed by atoms with Crippen molar-refractivity contribution < 1.29 is 14.3 Å². The molecule has 5 rings (SSSR count). The number of ether oxygens (including phenoxy) is 2. The van der Waals surface area contributed by atoms with E-state index in [1.165, 1.54) is 5.56 Å². The van der Waals surface area contributed by atoms with Crippen LogP contribution >= 0.6 is 0 Å². The van der Waals surface area contributed by atoms with Crippen molar-refractivity contribution in [1.82, 2.24) is 20.6 Å². The Morgan fingerprint density at radius 3 is 2.24 bits per heavy atom. The molecule has 2 N–H and O–H groups in total. The Kier molecular flexibility index (Phi) is 6.19. The van der Waals surface area contributed by atoms with Gasteiger partial charge in [-0.25, -0.2) is 0 Å². The molecule has 0 aliphatic heterocycles. The Labute approximate surface area is 216 Å². The lowest BCUT2D eigenvalue weighted by Crippen LogP contribution is -2.28. The zero-order valence-corrected chi connectivity index (χ0v) is 21.8. The molecular weight excluding hydrogens is 466 g/mol. The van der Waals surface area contributed by atoms with Crippen molar-refractivity contribution in [2.45, 2.75) is 44.4 Å². The van der Waals surface area contributed by atoms with Crippen LogP contribution < -0.4 is 14.8 Å². The molecule has 1 saturated carbocycles. The third kappa shape index (κ3) is 4.67. The molecule has 190 valence electrons. The van der Waals surface area contributed by atoms with Crippen LogP contribution in [0.25, 0.3) is 22.5 Å². The summed E-state index contributed by atoms with van der Waals surface area (Å²) in [7, 11) is 3.20. The smallest absolute Gasteiger partial charge is 0.235 e. The van der Waals surface area contributed by atoms with Crippen LogP contribution in [0.3, 0.4) is 0 Å². The SMILES string of the molecule is COc1ccc(-c2ccc(NC(=O)C3(c4ccc(C(C)(C)C)cc4)CC3)cc2-c2nn[nH]n2)cc1OC. The van der Waals surface area contributed by atoms with Crippen molar-refractivity contribution in [3.63, 3.8) is 0 Å². The van der Waals surface area contributed by atoms with Crippen molar-refractivity contribution in [2.75, 3.05) is 19.5 Å². The molecule has 1 fully saturated rings. The summed E-state index contributed by atoms with van der Waals surface area (Å²) in [5.74, 6) is 1.68. The normalized spacial score (nSPS) is 14.2. The quantitative estimate of drug-likeness (QED) is 0.349. The minimum absolute atomic E-state index is 0.00561. The second-order valence-corrected chi connectivity index (χ2v) is 10.4. The first-order valence-electron chi connectivity index (χ1n) is 12.3. The molecule has 0 bridgehead atoms. The Morgan fingerprint density at radius 2 is 1.65 bits per heavy atom.